The lowest BCUT2D eigenvalue weighted by Gasteiger charge is -2.11. The number of carbonyl (C=O) groups excluding carboxylic acids is 1. The van der Waals surface area contributed by atoms with Gasteiger partial charge >= 0.3 is 6.18 Å². The van der Waals surface area contributed by atoms with Gasteiger partial charge in [-0.1, -0.05) is 18.2 Å². The van der Waals surface area contributed by atoms with Crippen molar-refractivity contribution in [3.05, 3.63) is 96.0 Å². The molecule has 1 saturated heterocycles. The molecule has 7 nitrogen and oxygen atoms in total. The number of carbonyl (C=O) groups is 1. The Morgan fingerprint density at radius 1 is 1.00 bits per heavy atom. The fourth-order valence-electron chi connectivity index (χ4n) is 4.85. The number of rotatable bonds is 6. The second-order valence-corrected chi connectivity index (χ2v) is 9.49. The van der Waals surface area contributed by atoms with Crippen molar-refractivity contribution >= 4 is 17.2 Å². The summed E-state index contributed by atoms with van der Waals surface area (Å²) in [5, 5.41) is 7.23. The number of halogens is 3. The van der Waals surface area contributed by atoms with Crippen molar-refractivity contribution < 1.29 is 22.4 Å². The average molecular weight is 532 g/mol. The Hall–Kier alpha value is -4.44. The Balaban J connectivity index is 1.25. The number of amides is 1. The minimum Gasteiger partial charge on any atom is -0.460 e. The van der Waals surface area contributed by atoms with Crippen molar-refractivity contribution in [3.63, 3.8) is 0 Å². The summed E-state index contributed by atoms with van der Waals surface area (Å²) in [6.45, 7) is 2.94. The van der Waals surface area contributed by atoms with E-state index in [-0.39, 0.29) is 5.56 Å². The Morgan fingerprint density at radius 2 is 1.82 bits per heavy atom. The van der Waals surface area contributed by atoms with E-state index in [1.807, 2.05) is 18.2 Å². The first-order valence-corrected chi connectivity index (χ1v) is 12.6. The topological polar surface area (TPSA) is 75.7 Å². The third kappa shape index (κ3) is 5.15. The molecule has 0 aliphatic carbocycles. The second kappa shape index (κ2) is 10.0. The van der Waals surface area contributed by atoms with Gasteiger partial charge in [0.05, 0.1) is 29.6 Å². The number of hydrogen-bond donors (Lipinski definition) is 1. The standard InChI is InChI=1S/C29H24F3N5O2/c30-29(31,32)21-7-3-6-20(15-21)28(38)35-22-8-4-5-19(16-22)25-11-12-33-27-24(17-34-37(25)27)26-10-9-23(39-26)18-36-13-1-2-14-36/h3-12,15-17H,1-2,13-14,18H2,(H,35,38). The summed E-state index contributed by atoms with van der Waals surface area (Å²) in [6.07, 6.45) is 1.28. The van der Waals surface area contributed by atoms with Crippen molar-refractivity contribution in [1.82, 2.24) is 19.5 Å². The van der Waals surface area contributed by atoms with Gasteiger partial charge in [0.15, 0.2) is 5.65 Å². The van der Waals surface area contributed by atoms with Crippen LogP contribution in [0.15, 0.2) is 83.5 Å². The lowest BCUT2D eigenvalue weighted by molar-refractivity contribution is -0.137. The molecular weight excluding hydrogens is 507 g/mol. The van der Waals surface area contributed by atoms with E-state index in [0.717, 1.165) is 54.3 Å². The van der Waals surface area contributed by atoms with Gasteiger partial charge in [-0.05, 0) is 74.5 Å². The fraction of sp³-hybridized carbons (Fsp3) is 0.207. The van der Waals surface area contributed by atoms with Gasteiger partial charge in [-0.15, -0.1) is 0 Å². The summed E-state index contributed by atoms with van der Waals surface area (Å²) in [5.41, 5.74) is 2.33. The third-order valence-corrected chi connectivity index (χ3v) is 6.77. The number of furan rings is 1. The highest BCUT2D eigenvalue weighted by atomic mass is 19.4. The lowest BCUT2D eigenvalue weighted by Crippen LogP contribution is -2.17. The van der Waals surface area contributed by atoms with E-state index in [2.05, 4.69) is 20.3 Å². The minimum atomic E-state index is -4.53. The molecule has 1 aliphatic heterocycles. The molecule has 1 aliphatic rings. The molecule has 2 aromatic carbocycles. The van der Waals surface area contributed by atoms with Crippen LogP contribution >= 0.6 is 0 Å². The number of nitrogens with one attached hydrogen (secondary N) is 1. The van der Waals surface area contributed by atoms with Crippen molar-refractivity contribution in [2.24, 2.45) is 0 Å². The minimum absolute atomic E-state index is 0.0826. The van der Waals surface area contributed by atoms with Crippen LogP contribution < -0.4 is 5.32 Å². The summed E-state index contributed by atoms with van der Waals surface area (Å²) < 4.78 is 47.0. The fourth-order valence-corrected chi connectivity index (χ4v) is 4.85. The molecule has 0 saturated carbocycles. The number of aromatic nitrogens is 3. The smallest absolute Gasteiger partial charge is 0.416 e. The first kappa shape index (κ1) is 24.9. The third-order valence-electron chi connectivity index (χ3n) is 6.77. The number of anilines is 1. The predicted octanol–water partition coefficient (Wildman–Crippen LogP) is 6.52. The maximum Gasteiger partial charge on any atom is 0.416 e. The van der Waals surface area contributed by atoms with E-state index in [4.69, 9.17) is 4.42 Å². The van der Waals surface area contributed by atoms with Crippen LogP contribution in [0.1, 0.15) is 34.5 Å². The molecule has 1 amide bonds. The van der Waals surface area contributed by atoms with E-state index in [1.54, 1.807) is 41.2 Å². The molecule has 0 unspecified atom stereocenters. The molecule has 0 radical (unpaired) electrons. The van der Waals surface area contributed by atoms with E-state index >= 15 is 0 Å². The average Bonchev–Trinajstić information content (AvgIpc) is 3.70. The Labute approximate surface area is 221 Å². The highest BCUT2D eigenvalue weighted by molar-refractivity contribution is 6.04. The van der Waals surface area contributed by atoms with Crippen LogP contribution in [-0.4, -0.2) is 38.5 Å². The Morgan fingerprint density at radius 3 is 2.64 bits per heavy atom. The maximum atomic E-state index is 13.1. The number of alkyl halides is 3. The number of nitrogens with zero attached hydrogens (tertiary/aromatic N) is 4. The van der Waals surface area contributed by atoms with Crippen molar-refractivity contribution in [2.45, 2.75) is 25.6 Å². The maximum absolute atomic E-state index is 13.1. The van der Waals surface area contributed by atoms with Gasteiger partial charge in [-0.2, -0.15) is 18.3 Å². The van der Waals surface area contributed by atoms with Gasteiger partial charge in [0, 0.05) is 23.0 Å². The van der Waals surface area contributed by atoms with Crippen LogP contribution in [0.4, 0.5) is 18.9 Å². The van der Waals surface area contributed by atoms with Crippen LogP contribution in [0.2, 0.25) is 0 Å². The van der Waals surface area contributed by atoms with Gasteiger partial charge in [-0.25, -0.2) is 9.50 Å². The molecule has 4 heterocycles. The van der Waals surface area contributed by atoms with Crippen LogP contribution in [0, 0.1) is 0 Å². The molecule has 0 spiro atoms. The molecule has 5 aromatic rings. The molecule has 0 atom stereocenters. The number of benzene rings is 2. The van der Waals surface area contributed by atoms with Crippen LogP contribution in [-0.2, 0) is 12.7 Å². The second-order valence-electron chi connectivity index (χ2n) is 9.49. The highest BCUT2D eigenvalue weighted by Gasteiger charge is 2.31. The predicted molar refractivity (Wildman–Crippen MR) is 140 cm³/mol. The lowest BCUT2D eigenvalue weighted by atomic mass is 10.1. The summed E-state index contributed by atoms with van der Waals surface area (Å²) in [6, 6.07) is 17.1. The molecular formula is C29H24F3N5O2. The van der Waals surface area contributed by atoms with Crippen LogP contribution in [0.5, 0.6) is 0 Å². The van der Waals surface area contributed by atoms with Crippen molar-refractivity contribution in [3.8, 4) is 22.6 Å². The normalized spacial score (nSPS) is 14.2. The van der Waals surface area contributed by atoms with E-state index in [1.165, 1.54) is 25.0 Å². The quantitative estimate of drug-likeness (QED) is 0.270. The van der Waals surface area contributed by atoms with Crippen molar-refractivity contribution in [1.29, 1.82) is 0 Å². The zero-order valence-electron chi connectivity index (χ0n) is 20.8. The molecule has 10 heteroatoms. The van der Waals surface area contributed by atoms with Crippen molar-refractivity contribution in [2.75, 3.05) is 18.4 Å². The number of likely N-dealkylation sites (tertiary alicyclic amines) is 1. The summed E-state index contributed by atoms with van der Waals surface area (Å²) in [4.78, 5) is 19.6. The van der Waals surface area contributed by atoms with Crippen LogP contribution in [0.25, 0.3) is 28.2 Å². The van der Waals surface area contributed by atoms with Gasteiger partial charge in [0.25, 0.3) is 5.91 Å². The van der Waals surface area contributed by atoms with E-state index in [0.29, 0.717) is 17.1 Å². The highest BCUT2D eigenvalue weighted by Crippen LogP contribution is 2.31. The molecule has 39 heavy (non-hydrogen) atoms. The molecule has 1 N–H and O–H groups in total. The zero-order valence-corrected chi connectivity index (χ0v) is 20.8. The SMILES string of the molecule is O=C(Nc1cccc(-c2ccnc3c(-c4ccc(CN5CCCC5)o4)cnn23)c1)c1cccc(C(F)(F)F)c1. The van der Waals surface area contributed by atoms with E-state index < -0.39 is 17.6 Å². The summed E-state index contributed by atoms with van der Waals surface area (Å²) in [7, 11) is 0. The Kier molecular flexibility index (Phi) is 6.40. The first-order chi connectivity index (χ1) is 18.8. The number of hydrogen-bond acceptors (Lipinski definition) is 5. The molecule has 3 aromatic heterocycles. The number of fused-ring (bicyclic) bond motifs is 1. The molecule has 1 fully saturated rings. The largest absolute Gasteiger partial charge is 0.460 e. The van der Waals surface area contributed by atoms with E-state index in [9.17, 15) is 18.0 Å². The molecule has 198 valence electrons. The van der Waals surface area contributed by atoms with Gasteiger partial charge in [-0.3, -0.25) is 9.69 Å². The molecule has 6 rings (SSSR count). The zero-order chi connectivity index (χ0) is 27.0. The van der Waals surface area contributed by atoms with Crippen LogP contribution in [0.3, 0.4) is 0 Å². The first-order valence-electron chi connectivity index (χ1n) is 12.6. The van der Waals surface area contributed by atoms with Gasteiger partial charge in [0.2, 0.25) is 0 Å². The summed E-state index contributed by atoms with van der Waals surface area (Å²) >= 11 is 0. The van der Waals surface area contributed by atoms with Gasteiger partial charge < -0.3 is 9.73 Å². The monoisotopic (exact) mass is 531 g/mol. The van der Waals surface area contributed by atoms with Gasteiger partial charge in [0.1, 0.15) is 11.5 Å². The Bertz CT molecular complexity index is 1650. The molecule has 0 bridgehead atoms. The summed E-state index contributed by atoms with van der Waals surface area (Å²) in [5.74, 6) is 0.944.